The van der Waals surface area contributed by atoms with E-state index < -0.39 is 0 Å². The Balaban J connectivity index is 2.04. The van der Waals surface area contributed by atoms with Gasteiger partial charge in [0.05, 0.1) is 0 Å². The van der Waals surface area contributed by atoms with Crippen molar-refractivity contribution >= 4 is 0 Å². The van der Waals surface area contributed by atoms with Crippen LogP contribution in [0.5, 0.6) is 0 Å². The Morgan fingerprint density at radius 3 is 2.37 bits per heavy atom. The van der Waals surface area contributed by atoms with E-state index in [1.54, 1.807) is 0 Å². The summed E-state index contributed by atoms with van der Waals surface area (Å²) in [5.41, 5.74) is 0.462. The molecule has 0 aromatic rings. The van der Waals surface area contributed by atoms with Gasteiger partial charge in [0, 0.05) is 25.2 Å². The van der Waals surface area contributed by atoms with Crippen LogP contribution in [0.4, 0.5) is 0 Å². The quantitative estimate of drug-likeness (QED) is 0.837. The second kappa shape index (κ2) is 6.13. The molecule has 0 aromatic carbocycles. The zero-order valence-corrected chi connectivity index (χ0v) is 13.7. The van der Waals surface area contributed by atoms with Gasteiger partial charge in [-0.1, -0.05) is 34.6 Å². The van der Waals surface area contributed by atoms with Gasteiger partial charge in [-0.3, -0.25) is 4.90 Å². The average Bonchev–Trinajstić information content (AvgIpc) is 2.60. The molecule has 2 rings (SSSR count). The molecule has 1 saturated heterocycles. The highest BCUT2D eigenvalue weighted by Crippen LogP contribution is 2.41. The van der Waals surface area contributed by atoms with Crippen molar-refractivity contribution in [3.05, 3.63) is 0 Å². The van der Waals surface area contributed by atoms with E-state index in [1.807, 2.05) is 0 Å². The van der Waals surface area contributed by atoms with Crippen molar-refractivity contribution in [1.29, 1.82) is 0 Å². The van der Waals surface area contributed by atoms with Crippen molar-refractivity contribution in [3.63, 3.8) is 0 Å². The molecule has 0 amide bonds. The van der Waals surface area contributed by atoms with Crippen molar-refractivity contribution in [2.24, 2.45) is 17.3 Å². The van der Waals surface area contributed by atoms with Gasteiger partial charge in [-0.15, -0.1) is 0 Å². The van der Waals surface area contributed by atoms with Gasteiger partial charge >= 0.3 is 0 Å². The maximum atomic E-state index is 3.86. The van der Waals surface area contributed by atoms with E-state index in [2.05, 4.69) is 44.8 Å². The van der Waals surface area contributed by atoms with Crippen molar-refractivity contribution in [1.82, 2.24) is 10.2 Å². The molecule has 0 aromatic heterocycles. The van der Waals surface area contributed by atoms with Crippen LogP contribution in [0.2, 0.25) is 0 Å². The Hall–Kier alpha value is -0.0800. The number of hydrogen-bond acceptors (Lipinski definition) is 2. The number of piperidine rings is 1. The van der Waals surface area contributed by atoms with E-state index in [-0.39, 0.29) is 0 Å². The van der Waals surface area contributed by atoms with Gasteiger partial charge in [0.25, 0.3) is 0 Å². The van der Waals surface area contributed by atoms with Gasteiger partial charge < -0.3 is 5.32 Å². The molecule has 0 radical (unpaired) electrons. The molecule has 2 heteroatoms. The van der Waals surface area contributed by atoms with E-state index in [4.69, 9.17) is 0 Å². The lowest BCUT2D eigenvalue weighted by Crippen LogP contribution is -2.55. The van der Waals surface area contributed by atoms with Crippen LogP contribution < -0.4 is 5.32 Å². The molecule has 0 spiro atoms. The second-order valence-electron chi connectivity index (χ2n) is 7.93. The highest BCUT2D eigenvalue weighted by atomic mass is 15.2. The van der Waals surface area contributed by atoms with Crippen molar-refractivity contribution < 1.29 is 0 Å². The predicted molar refractivity (Wildman–Crippen MR) is 83.4 cm³/mol. The van der Waals surface area contributed by atoms with Crippen molar-refractivity contribution in [2.45, 2.75) is 72.4 Å². The van der Waals surface area contributed by atoms with Crippen LogP contribution in [-0.4, -0.2) is 36.6 Å². The SMILES string of the molecule is CCCNC1C(N2CC(C)CC(C)C2)CCC1(C)C. The first kappa shape index (κ1) is 15.3. The second-order valence-corrected chi connectivity index (χ2v) is 7.93. The van der Waals surface area contributed by atoms with Crippen molar-refractivity contribution in [2.75, 3.05) is 19.6 Å². The molecule has 4 unspecified atom stereocenters. The zero-order chi connectivity index (χ0) is 14.0. The molecular weight excluding hydrogens is 232 g/mol. The maximum Gasteiger partial charge on any atom is 0.0274 e. The lowest BCUT2D eigenvalue weighted by atomic mass is 9.84. The normalized spacial score (nSPS) is 39.6. The molecule has 4 atom stereocenters. The Kier molecular flexibility index (Phi) is 4.94. The number of likely N-dealkylation sites (tertiary alicyclic amines) is 1. The molecule has 1 aliphatic carbocycles. The summed E-state index contributed by atoms with van der Waals surface area (Å²) in [5.74, 6) is 1.75. The number of rotatable bonds is 4. The molecule has 2 nitrogen and oxygen atoms in total. The summed E-state index contributed by atoms with van der Waals surface area (Å²) in [4.78, 5) is 2.81. The lowest BCUT2D eigenvalue weighted by Gasteiger charge is -2.43. The van der Waals surface area contributed by atoms with E-state index in [0.717, 1.165) is 17.9 Å². The molecule has 112 valence electrons. The van der Waals surface area contributed by atoms with E-state index in [0.29, 0.717) is 11.5 Å². The minimum absolute atomic E-state index is 0.462. The van der Waals surface area contributed by atoms with Gasteiger partial charge in [-0.2, -0.15) is 0 Å². The third-order valence-corrected chi connectivity index (χ3v) is 5.29. The van der Waals surface area contributed by atoms with Crippen LogP contribution in [-0.2, 0) is 0 Å². The van der Waals surface area contributed by atoms with Crippen LogP contribution in [0, 0.1) is 17.3 Å². The summed E-state index contributed by atoms with van der Waals surface area (Å²) in [6.07, 6.45) is 5.41. The van der Waals surface area contributed by atoms with E-state index in [9.17, 15) is 0 Å². The highest BCUT2D eigenvalue weighted by Gasteiger charge is 2.44. The topological polar surface area (TPSA) is 15.3 Å². The minimum Gasteiger partial charge on any atom is -0.312 e. The molecular formula is C17H34N2. The minimum atomic E-state index is 0.462. The standard InChI is InChI=1S/C17H34N2/c1-6-9-18-16-15(7-8-17(16,4)5)19-11-13(2)10-14(3)12-19/h13-16,18H,6-12H2,1-5H3. The monoisotopic (exact) mass is 266 g/mol. The fourth-order valence-corrected chi connectivity index (χ4v) is 4.45. The Bertz CT molecular complexity index is 277. The molecule has 19 heavy (non-hydrogen) atoms. The van der Waals surface area contributed by atoms with Gasteiger partial charge in [-0.25, -0.2) is 0 Å². The first-order valence-corrected chi connectivity index (χ1v) is 8.41. The number of hydrogen-bond donors (Lipinski definition) is 1. The third-order valence-electron chi connectivity index (χ3n) is 5.29. The Morgan fingerprint density at radius 2 is 1.79 bits per heavy atom. The van der Waals surface area contributed by atoms with Crippen LogP contribution in [0.3, 0.4) is 0 Å². The summed E-state index contributed by atoms with van der Waals surface area (Å²) in [7, 11) is 0. The lowest BCUT2D eigenvalue weighted by molar-refractivity contribution is 0.0729. The largest absolute Gasteiger partial charge is 0.312 e. The molecule has 0 bridgehead atoms. The first-order chi connectivity index (χ1) is 8.94. The first-order valence-electron chi connectivity index (χ1n) is 8.41. The van der Waals surface area contributed by atoms with Crippen molar-refractivity contribution in [3.8, 4) is 0 Å². The summed E-state index contributed by atoms with van der Waals surface area (Å²) in [6, 6.07) is 1.46. The molecule has 1 N–H and O–H groups in total. The summed E-state index contributed by atoms with van der Waals surface area (Å²) < 4.78 is 0. The van der Waals surface area contributed by atoms with Crippen LogP contribution in [0.1, 0.15) is 60.3 Å². The third kappa shape index (κ3) is 3.52. The van der Waals surface area contributed by atoms with Crippen LogP contribution in [0.25, 0.3) is 0 Å². The van der Waals surface area contributed by atoms with Gasteiger partial charge in [0.1, 0.15) is 0 Å². The molecule has 2 aliphatic rings. The Labute approximate surface area is 120 Å². The zero-order valence-electron chi connectivity index (χ0n) is 13.7. The van der Waals surface area contributed by atoms with Gasteiger partial charge in [0.2, 0.25) is 0 Å². The summed E-state index contributed by atoms with van der Waals surface area (Å²) in [5, 5.41) is 3.86. The highest BCUT2D eigenvalue weighted by molar-refractivity contribution is 5.02. The fourth-order valence-electron chi connectivity index (χ4n) is 4.45. The Morgan fingerprint density at radius 1 is 1.16 bits per heavy atom. The number of nitrogens with zero attached hydrogens (tertiary/aromatic N) is 1. The van der Waals surface area contributed by atoms with Gasteiger partial charge in [0.15, 0.2) is 0 Å². The predicted octanol–water partition coefficient (Wildman–Crippen LogP) is 3.52. The molecule has 1 aliphatic heterocycles. The van der Waals surface area contributed by atoms with E-state index in [1.165, 1.54) is 45.3 Å². The van der Waals surface area contributed by atoms with Crippen LogP contribution in [0.15, 0.2) is 0 Å². The molecule has 1 heterocycles. The fraction of sp³-hybridized carbons (Fsp3) is 1.00. The average molecular weight is 266 g/mol. The molecule has 2 fully saturated rings. The molecule has 1 saturated carbocycles. The van der Waals surface area contributed by atoms with Gasteiger partial charge in [-0.05, 0) is 49.5 Å². The van der Waals surface area contributed by atoms with E-state index >= 15 is 0 Å². The maximum absolute atomic E-state index is 3.86. The summed E-state index contributed by atoms with van der Waals surface area (Å²) >= 11 is 0. The summed E-state index contributed by atoms with van der Waals surface area (Å²) in [6.45, 7) is 15.8. The smallest absolute Gasteiger partial charge is 0.0274 e. The number of nitrogens with one attached hydrogen (secondary N) is 1. The van der Waals surface area contributed by atoms with Crippen LogP contribution >= 0.6 is 0 Å².